The van der Waals surface area contributed by atoms with Crippen LogP contribution in [0.4, 0.5) is 0 Å². The van der Waals surface area contributed by atoms with Crippen LogP contribution in [0, 0.1) is 0 Å². The molecule has 0 saturated heterocycles. The summed E-state index contributed by atoms with van der Waals surface area (Å²) in [5, 5.41) is 10.1. The third-order valence-corrected chi connectivity index (χ3v) is 14.6. The topological polar surface area (TPSA) is 14.8 Å². The predicted octanol–water partition coefficient (Wildman–Crippen LogP) is 16.7. The van der Waals surface area contributed by atoms with Gasteiger partial charge >= 0.3 is 0 Å². The molecule has 0 spiro atoms. The first kappa shape index (κ1) is 35.4. The van der Waals surface area contributed by atoms with Crippen molar-refractivity contribution in [3.05, 3.63) is 224 Å². The van der Waals surface area contributed by atoms with Gasteiger partial charge in [-0.2, -0.15) is 0 Å². The van der Waals surface area contributed by atoms with Crippen LogP contribution in [-0.4, -0.2) is 13.7 Å². The molecule has 0 amide bonds. The maximum Gasteiger partial charge on any atom is 0.0547 e. The van der Waals surface area contributed by atoms with E-state index in [1.165, 1.54) is 119 Å². The van der Waals surface area contributed by atoms with E-state index >= 15 is 0 Å². The molecule has 0 aliphatic heterocycles. The van der Waals surface area contributed by atoms with Crippen molar-refractivity contribution in [1.82, 2.24) is 13.7 Å². The van der Waals surface area contributed by atoms with Gasteiger partial charge in [0, 0.05) is 69.6 Å². The number of para-hydroxylation sites is 4. The zero-order valence-electron chi connectivity index (χ0n) is 34.6. The van der Waals surface area contributed by atoms with Crippen molar-refractivity contribution in [1.29, 1.82) is 0 Å². The van der Waals surface area contributed by atoms with E-state index in [0.717, 1.165) is 5.69 Å². The summed E-state index contributed by atoms with van der Waals surface area (Å²) >= 11 is 1.87. The predicted molar refractivity (Wildman–Crippen MR) is 273 cm³/mol. The summed E-state index contributed by atoms with van der Waals surface area (Å²) in [5.74, 6) is 0. The van der Waals surface area contributed by atoms with E-state index in [1.807, 2.05) is 11.3 Å². The van der Waals surface area contributed by atoms with Gasteiger partial charge in [0.05, 0.1) is 33.1 Å². The zero-order chi connectivity index (χ0) is 41.9. The van der Waals surface area contributed by atoms with E-state index in [-0.39, 0.29) is 0 Å². The molecular formula is C60H37N3S. The molecule has 0 aliphatic rings. The summed E-state index contributed by atoms with van der Waals surface area (Å²) in [5.41, 5.74) is 15.5. The van der Waals surface area contributed by atoms with Gasteiger partial charge < -0.3 is 13.7 Å². The molecule has 14 rings (SSSR count). The van der Waals surface area contributed by atoms with Crippen LogP contribution in [0.3, 0.4) is 0 Å². The van der Waals surface area contributed by atoms with Gasteiger partial charge in [-0.1, -0.05) is 127 Å². The van der Waals surface area contributed by atoms with Crippen molar-refractivity contribution in [2.45, 2.75) is 0 Å². The quantitative estimate of drug-likeness (QED) is 0.164. The molecule has 64 heavy (non-hydrogen) atoms. The molecule has 0 unspecified atom stereocenters. The Morgan fingerprint density at radius 3 is 1.19 bits per heavy atom. The fourth-order valence-corrected chi connectivity index (χ4v) is 11.6. The van der Waals surface area contributed by atoms with Gasteiger partial charge in [-0.15, -0.1) is 11.3 Å². The second-order valence-electron chi connectivity index (χ2n) is 16.9. The monoisotopic (exact) mass is 831 g/mol. The molecule has 4 heteroatoms. The smallest absolute Gasteiger partial charge is 0.0547 e. The maximum atomic E-state index is 2.50. The van der Waals surface area contributed by atoms with Crippen molar-refractivity contribution in [2.75, 3.05) is 0 Å². The van der Waals surface area contributed by atoms with Crippen LogP contribution >= 0.6 is 11.3 Å². The number of hydrogen-bond donors (Lipinski definition) is 0. The number of benzene rings is 10. The van der Waals surface area contributed by atoms with Crippen molar-refractivity contribution in [3.8, 4) is 39.3 Å². The average molecular weight is 832 g/mol. The average Bonchev–Trinajstić information content (AvgIpc) is 4.10. The highest BCUT2D eigenvalue weighted by Crippen LogP contribution is 2.42. The third kappa shape index (κ3) is 5.21. The Morgan fingerprint density at radius 1 is 0.219 bits per heavy atom. The highest BCUT2D eigenvalue weighted by molar-refractivity contribution is 7.25. The molecule has 4 aromatic heterocycles. The second kappa shape index (κ2) is 13.7. The van der Waals surface area contributed by atoms with E-state index in [1.54, 1.807) is 0 Å². The lowest BCUT2D eigenvalue weighted by atomic mass is 10.00. The summed E-state index contributed by atoms with van der Waals surface area (Å²) in [6.07, 6.45) is 0. The molecule has 0 saturated carbocycles. The van der Waals surface area contributed by atoms with Gasteiger partial charge in [0.1, 0.15) is 0 Å². The number of aromatic nitrogens is 3. The van der Waals surface area contributed by atoms with Gasteiger partial charge in [0.25, 0.3) is 0 Å². The maximum absolute atomic E-state index is 2.50. The first-order valence-corrected chi connectivity index (χ1v) is 22.7. The fourth-order valence-electron chi connectivity index (χ4n) is 10.5. The Bertz CT molecular complexity index is 3970. The van der Waals surface area contributed by atoms with Crippen LogP contribution in [0.1, 0.15) is 0 Å². The Labute approximate surface area is 372 Å². The lowest BCUT2D eigenvalue weighted by Gasteiger charge is -2.11. The second-order valence-corrected chi connectivity index (χ2v) is 18.0. The summed E-state index contributed by atoms with van der Waals surface area (Å²) in [7, 11) is 0. The molecule has 0 fully saturated rings. The van der Waals surface area contributed by atoms with Gasteiger partial charge in [-0.05, 0) is 119 Å². The van der Waals surface area contributed by atoms with Crippen molar-refractivity contribution in [2.24, 2.45) is 0 Å². The summed E-state index contributed by atoms with van der Waals surface area (Å²) in [6, 6.07) is 82.8. The minimum atomic E-state index is 1.16. The van der Waals surface area contributed by atoms with Gasteiger partial charge in [0.15, 0.2) is 0 Å². The van der Waals surface area contributed by atoms with Crippen LogP contribution in [0.15, 0.2) is 224 Å². The largest absolute Gasteiger partial charge is 0.309 e. The molecule has 14 aromatic rings. The number of hydrogen-bond acceptors (Lipinski definition) is 1. The number of thiophene rings is 1. The molecule has 0 N–H and O–H groups in total. The Hall–Kier alpha value is -8.18. The van der Waals surface area contributed by atoms with Crippen molar-refractivity contribution >= 4 is 96.9 Å². The number of nitrogens with zero attached hydrogens (tertiary/aromatic N) is 3. The number of fused-ring (bicyclic) bond motifs is 12. The van der Waals surface area contributed by atoms with Crippen LogP contribution in [0.5, 0.6) is 0 Å². The highest BCUT2D eigenvalue weighted by atomic mass is 32.1. The van der Waals surface area contributed by atoms with Crippen molar-refractivity contribution < 1.29 is 0 Å². The summed E-state index contributed by atoms with van der Waals surface area (Å²) in [4.78, 5) is 0. The minimum Gasteiger partial charge on any atom is -0.309 e. The standard InChI is InChI=1S/C60H37N3S/c1-3-13-42(14-4-1)61-53-20-10-7-17-45(53)50-33-38(25-30-55(50)61)40-23-28-47-48-29-24-41(39-26-31-56-51(34-39)46-18-8-11-21-54(46)62(56)43-15-5-2-6-16-43)36-58(48)63(57(47)35-40)44-27-32-60-52(37-44)49-19-9-12-22-59(49)64-60/h1-37H. The lowest BCUT2D eigenvalue weighted by Crippen LogP contribution is -1.94. The first-order chi connectivity index (χ1) is 31.7. The molecule has 0 radical (unpaired) electrons. The zero-order valence-corrected chi connectivity index (χ0v) is 35.4. The van der Waals surface area contributed by atoms with Crippen LogP contribution in [0.25, 0.3) is 125 Å². The SMILES string of the molecule is c1ccc(-n2c3ccccc3c3cc(-c4ccc5c6ccc(-c7ccc8c(c7)c7ccccc7n8-c7ccccc7)cc6n(-c6ccc7sc8ccccc8c7c6)c5c4)ccc32)cc1. The van der Waals surface area contributed by atoms with Crippen LogP contribution in [-0.2, 0) is 0 Å². The molecule has 0 aliphatic carbocycles. The number of rotatable bonds is 5. The van der Waals surface area contributed by atoms with E-state index < -0.39 is 0 Å². The fraction of sp³-hybridized carbons (Fsp3) is 0. The molecule has 0 bridgehead atoms. The molecule has 298 valence electrons. The van der Waals surface area contributed by atoms with Gasteiger partial charge in [0.2, 0.25) is 0 Å². The highest BCUT2D eigenvalue weighted by Gasteiger charge is 2.19. The van der Waals surface area contributed by atoms with Gasteiger partial charge in [-0.25, -0.2) is 0 Å². The van der Waals surface area contributed by atoms with E-state index in [4.69, 9.17) is 0 Å². The first-order valence-electron chi connectivity index (χ1n) is 21.9. The van der Waals surface area contributed by atoms with E-state index in [2.05, 4.69) is 238 Å². The molecular weight excluding hydrogens is 795 g/mol. The summed E-state index contributed by atoms with van der Waals surface area (Å²) < 4.78 is 9.89. The normalized spacial score (nSPS) is 12.1. The van der Waals surface area contributed by atoms with Crippen molar-refractivity contribution in [3.63, 3.8) is 0 Å². The minimum absolute atomic E-state index is 1.16. The molecule has 4 heterocycles. The molecule has 3 nitrogen and oxygen atoms in total. The van der Waals surface area contributed by atoms with Crippen LogP contribution in [0.2, 0.25) is 0 Å². The summed E-state index contributed by atoms with van der Waals surface area (Å²) in [6.45, 7) is 0. The van der Waals surface area contributed by atoms with E-state index in [0.29, 0.717) is 0 Å². The van der Waals surface area contributed by atoms with Crippen LogP contribution < -0.4 is 0 Å². The van der Waals surface area contributed by atoms with E-state index in [9.17, 15) is 0 Å². The Morgan fingerprint density at radius 2 is 0.625 bits per heavy atom. The Kier molecular flexibility index (Phi) is 7.56. The van der Waals surface area contributed by atoms with Gasteiger partial charge in [-0.3, -0.25) is 0 Å². The Balaban J connectivity index is 0.987. The third-order valence-electron chi connectivity index (χ3n) is 13.4. The lowest BCUT2D eigenvalue weighted by molar-refractivity contribution is 1.18. The molecule has 10 aromatic carbocycles. The molecule has 0 atom stereocenters.